The van der Waals surface area contributed by atoms with Gasteiger partial charge in [0.25, 0.3) is 0 Å². The Morgan fingerprint density at radius 3 is 2.65 bits per heavy atom. The molecule has 1 fully saturated rings. The molecule has 2 aliphatic heterocycles. The van der Waals surface area contributed by atoms with Crippen LogP contribution in [0.15, 0.2) is 48.5 Å². The molecule has 0 radical (unpaired) electrons. The number of rotatable bonds is 2. The van der Waals surface area contributed by atoms with E-state index in [9.17, 15) is 4.79 Å². The Kier molecular flexibility index (Phi) is 3.92. The molecule has 1 saturated heterocycles. The van der Waals surface area contributed by atoms with Crippen LogP contribution in [0, 0.1) is 0 Å². The predicted octanol–water partition coefficient (Wildman–Crippen LogP) is 3.69. The van der Waals surface area contributed by atoms with E-state index in [1.807, 2.05) is 42.5 Å². The highest BCUT2D eigenvalue weighted by Gasteiger charge is 2.52. The number of nitrogens with zero attached hydrogens (tertiary/aromatic N) is 3. The first kappa shape index (κ1) is 16.9. The van der Waals surface area contributed by atoms with Crippen molar-refractivity contribution in [3.8, 4) is 5.75 Å². The Hall–Kier alpha value is -2.53. The van der Waals surface area contributed by atoms with E-state index in [2.05, 4.69) is 36.9 Å². The summed E-state index contributed by atoms with van der Waals surface area (Å²) < 4.78 is 5.67. The number of likely N-dealkylation sites (tertiary alicyclic amines) is 1. The smallest absolute Gasteiger partial charge is 0.410 e. The van der Waals surface area contributed by atoms with E-state index in [1.165, 1.54) is 16.2 Å². The Balaban J connectivity index is 1.59. The quantitative estimate of drug-likeness (QED) is 0.827. The summed E-state index contributed by atoms with van der Waals surface area (Å²) in [4.78, 5) is 18.8. The third-order valence-electron chi connectivity index (χ3n) is 5.92. The van der Waals surface area contributed by atoms with Gasteiger partial charge in [0, 0.05) is 37.4 Å². The lowest BCUT2D eigenvalue weighted by Crippen LogP contribution is -2.45. The summed E-state index contributed by atoms with van der Waals surface area (Å²) in [6.45, 7) is 3.39. The van der Waals surface area contributed by atoms with Gasteiger partial charge in [0.1, 0.15) is 5.75 Å². The molecule has 136 valence electrons. The summed E-state index contributed by atoms with van der Waals surface area (Å²) in [5, 5.41) is 0. The van der Waals surface area contributed by atoms with Crippen LogP contribution in [0.2, 0.25) is 0 Å². The van der Waals surface area contributed by atoms with Gasteiger partial charge in [-0.05, 0) is 49.4 Å². The second-order valence-electron chi connectivity index (χ2n) is 7.57. The van der Waals surface area contributed by atoms with Crippen LogP contribution in [0.25, 0.3) is 0 Å². The monoisotopic (exact) mass is 351 g/mol. The number of para-hydroxylation sites is 1. The molecule has 5 nitrogen and oxygen atoms in total. The molecule has 0 aliphatic carbocycles. The van der Waals surface area contributed by atoms with Crippen LogP contribution in [0.4, 0.5) is 16.2 Å². The van der Waals surface area contributed by atoms with E-state index < -0.39 is 0 Å². The molecule has 2 unspecified atom stereocenters. The Morgan fingerprint density at radius 1 is 1.19 bits per heavy atom. The lowest BCUT2D eigenvalue weighted by Gasteiger charge is -2.32. The lowest BCUT2D eigenvalue weighted by atomic mass is 9.81. The molecule has 2 aromatic carbocycles. The SMILES string of the molecule is CN(C(=O)Oc1ccc2c(c1)C1(C)CCN(C)C1N2C)c1ccccc1. The summed E-state index contributed by atoms with van der Waals surface area (Å²) in [6.07, 6.45) is 1.08. The molecule has 0 spiro atoms. The average molecular weight is 351 g/mol. The summed E-state index contributed by atoms with van der Waals surface area (Å²) in [7, 11) is 6.04. The van der Waals surface area contributed by atoms with Crippen LogP contribution in [-0.4, -0.2) is 44.8 Å². The molecule has 1 amide bonds. The van der Waals surface area contributed by atoms with Crippen molar-refractivity contribution in [3.63, 3.8) is 0 Å². The highest BCUT2D eigenvalue weighted by Crippen LogP contribution is 2.51. The number of anilines is 2. The van der Waals surface area contributed by atoms with Gasteiger partial charge in [0.15, 0.2) is 0 Å². The van der Waals surface area contributed by atoms with Crippen molar-refractivity contribution in [2.75, 3.05) is 37.5 Å². The largest absolute Gasteiger partial charge is 0.419 e. The Bertz CT molecular complexity index is 838. The second-order valence-corrected chi connectivity index (χ2v) is 7.57. The van der Waals surface area contributed by atoms with Crippen molar-refractivity contribution in [1.82, 2.24) is 4.90 Å². The maximum Gasteiger partial charge on any atom is 0.419 e. The molecule has 2 heterocycles. The Morgan fingerprint density at radius 2 is 1.92 bits per heavy atom. The van der Waals surface area contributed by atoms with Crippen molar-refractivity contribution in [2.24, 2.45) is 0 Å². The number of carbonyl (C=O) groups is 1. The van der Waals surface area contributed by atoms with E-state index in [0.717, 1.165) is 18.7 Å². The van der Waals surface area contributed by atoms with Gasteiger partial charge in [0.2, 0.25) is 0 Å². The molecule has 26 heavy (non-hydrogen) atoms. The fourth-order valence-corrected chi connectivity index (χ4v) is 4.54. The van der Waals surface area contributed by atoms with Gasteiger partial charge in [-0.15, -0.1) is 0 Å². The normalized spacial score (nSPS) is 24.3. The minimum absolute atomic E-state index is 0.0621. The van der Waals surface area contributed by atoms with E-state index in [4.69, 9.17) is 4.74 Å². The van der Waals surface area contributed by atoms with E-state index >= 15 is 0 Å². The Labute approximate surface area is 154 Å². The minimum atomic E-state index is -0.382. The molecule has 5 heteroatoms. The first-order valence-corrected chi connectivity index (χ1v) is 9.00. The van der Waals surface area contributed by atoms with Crippen molar-refractivity contribution >= 4 is 17.5 Å². The van der Waals surface area contributed by atoms with Crippen LogP contribution in [0.3, 0.4) is 0 Å². The van der Waals surface area contributed by atoms with Crippen molar-refractivity contribution < 1.29 is 9.53 Å². The molecule has 2 aliphatic rings. The standard InChI is InChI=1S/C21H25N3O2/c1-21-12-13-22(2)19(21)24(4)18-11-10-16(14-17(18)21)26-20(25)23(3)15-8-6-5-7-9-15/h5-11,14,19H,12-13H2,1-4H3. The summed E-state index contributed by atoms with van der Waals surface area (Å²) in [5.41, 5.74) is 3.36. The van der Waals surface area contributed by atoms with Crippen LogP contribution < -0.4 is 14.5 Å². The van der Waals surface area contributed by atoms with Gasteiger partial charge in [-0.2, -0.15) is 0 Å². The lowest BCUT2D eigenvalue weighted by molar-refractivity contribution is 0.209. The summed E-state index contributed by atoms with van der Waals surface area (Å²) in [5.74, 6) is 0.598. The molecule has 0 bridgehead atoms. The number of likely N-dealkylation sites (N-methyl/N-ethyl adjacent to an activating group) is 2. The minimum Gasteiger partial charge on any atom is -0.410 e. The predicted molar refractivity (Wildman–Crippen MR) is 104 cm³/mol. The number of amides is 1. The molecule has 2 aromatic rings. The zero-order valence-corrected chi connectivity index (χ0v) is 15.8. The van der Waals surface area contributed by atoms with Crippen molar-refractivity contribution in [1.29, 1.82) is 0 Å². The van der Waals surface area contributed by atoms with Crippen LogP contribution in [-0.2, 0) is 5.41 Å². The first-order valence-electron chi connectivity index (χ1n) is 9.00. The number of carbonyl (C=O) groups excluding carboxylic acids is 1. The van der Waals surface area contributed by atoms with Crippen LogP contribution in [0.5, 0.6) is 5.75 Å². The maximum atomic E-state index is 12.5. The maximum absolute atomic E-state index is 12.5. The zero-order chi connectivity index (χ0) is 18.5. The number of fused-ring (bicyclic) bond motifs is 3. The number of ether oxygens (including phenoxy) is 1. The third-order valence-corrected chi connectivity index (χ3v) is 5.92. The average Bonchev–Trinajstić information content (AvgIpc) is 3.07. The molecule has 0 aromatic heterocycles. The van der Waals surface area contributed by atoms with E-state index in [-0.39, 0.29) is 11.5 Å². The highest BCUT2D eigenvalue weighted by atomic mass is 16.6. The number of hydrogen-bond acceptors (Lipinski definition) is 4. The topological polar surface area (TPSA) is 36.0 Å². The highest BCUT2D eigenvalue weighted by molar-refractivity contribution is 5.88. The van der Waals surface area contributed by atoms with Gasteiger partial charge in [-0.1, -0.05) is 25.1 Å². The zero-order valence-electron chi connectivity index (χ0n) is 15.8. The van der Waals surface area contributed by atoms with Gasteiger partial charge < -0.3 is 9.64 Å². The van der Waals surface area contributed by atoms with Crippen LogP contribution >= 0.6 is 0 Å². The van der Waals surface area contributed by atoms with E-state index in [0.29, 0.717) is 11.9 Å². The van der Waals surface area contributed by atoms with Gasteiger partial charge >= 0.3 is 6.09 Å². The summed E-state index contributed by atoms with van der Waals surface area (Å²) >= 11 is 0. The van der Waals surface area contributed by atoms with E-state index in [1.54, 1.807) is 7.05 Å². The van der Waals surface area contributed by atoms with Gasteiger partial charge in [-0.3, -0.25) is 9.80 Å². The van der Waals surface area contributed by atoms with Crippen molar-refractivity contribution in [3.05, 3.63) is 54.1 Å². The third kappa shape index (κ3) is 2.46. The molecular weight excluding hydrogens is 326 g/mol. The molecule has 0 saturated carbocycles. The molecule has 2 atom stereocenters. The summed E-state index contributed by atoms with van der Waals surface area (Å²) in [6, 6.07) is 15.5. The van der Waals surface area contributed by atoms with Gasteiger partial charge in [-0.25, -0.2) is 4.79 Å². The fourth-order valence-electron chi connectivity index (χ4n) is 4.54. The van der Waals surface area contributed by atoms with Crippen molar-refractivity contribution in [2.45, 2.75) is 24.9 Å². The number of benzene rings is 2. The second kappa shape index (κ2) is 6.02. The number of hydrogen-bond donors (Lipinski definition) is 0. The first-order chi connectivity index (χ1) is 12.4. The van der Waals surface area contributed by atoms with Crippen LogP contribution in [0.1, 0.15) is 18.9 Å². The molecule has 0 N–H and O–H groups in total. The molecular formula is C21H25N3O2. The van der Waals surface area contributed by atoms with Gasteiger partial charge in [0.05, 0.1) is 6.17 Å². The molecule has 4 rings (SSSR count). The fraction of sp³-hybridized carbons (Fsp3) is 0.381.